The Morgan fingerprint density at radius 3 is 2.54 bits per heavy atom. The summed E-state index contributed by atoms with van der Waals surface area (Å²) in [5.74, 6) is -1.46. The quantitative estimate of drug-likeness (QED) is 0.315. The van der Waals surface area contributed by atoms with E-state index in [1.165, 1.54) is 0 Å². The molecule has 37 heavy (non-hydrogen) atoms. The molecule has 3 fully saturated rings. The highest BCUT2D eigenvalue weighted by atomic mass is 32.2. The molecule has 1 N–H and O–H groups in total. The third-order valence-corrected chi connectivity index (χ3v) is 9.95. The molecule has 1 aromatic carbocycles. The van der Waals surface area contributed by atoms with Crippen LogP contribution >= 0.6 is 11.8 Å². The molecule has 7 nitrogen and oxygen atoms in total. The molecule has 0 radical (unpaired) electrons. The number of unbranched alkanes of at least 4 members (excludes halogenated alkanes) is 2. The van der Waals surface area contributed by atoms with E-state index in [-0.39, 0.29) is 36.1 Å². The summed E-state index contributed by atoms with van der Waals surface area (Å²) < 4.78 is -0.658. The Kier molecular flexibility index (Phi) is 8.80. The van der Waals surface area contributed by atoms with Crippen molar-refractivity contribution >= 4 is 35.2 Å². The zero-order valence-corrected chi connectivity index (χ0v) is 22.6. The van der Waals surface area contributed by atoms with Crippen LogP contribution in [0.1, 0.15) is 39.0 Å². The van der Waals surface area contributed by atoms with Crippen LogP contribution in [0.4, 0.5) is 5.69 Å². The summed E-state index contributed by atoms with van der Waals surface area (Å²) in [5.41, 5.74) is 0.771. The van der Waals surface area contributed by atoms with E-state index in [0.717, 1.165) is 31.4 Å². The Hall–Kier alpha value is -2.58. The molecule has 3 aliphatic rings. The number of hydrogen-bond acceptors (Lipinski definition) is 5. The number of thioether (sulfide) groups is 1. The molecule has 2 bridgehead atoms. The molecule has 3 aliphatic heterocycles. The lowest BCUT2D eigenvalue weighted by Gasteiger charge is -2.37. The summed E-state index contributed by atoms with van der Waals surface area (Å²) in [6.45, 7) is 11.0. The molecule has 3 amide bonds. The van der Waals surface area contributed by atoms with Gasteiger partial charge in [0.05, 0.1) is 23.2 Å². The molecule has 5 atom stereocenters. The summed E-state index contributed by atoms with van der Waals surface area (Å²) in [6.07, 6.45) is 7.88. The summed E-state index contributed by atoms with van der Waals surface area (Å²) in [5, 5.41) is 9.83. The largest absolute Gasteiger partial charge is 0.395 e. The molecular formula is C29H39N3O4S. The maximum Gasteiger partial charge on any atom is 0.247 e. The van der Waals surface area contributed by atoms with Crippen LogP contribution in [0.15, 0.2) is 55.6 Å². The first-order chi connectivity index (χ1) is 17.9. The standard InChI is InChI=1S/C29H39N3O4S/c1-4-7-11-18-30(16-5-2)28(36)25-29-15-14-22(37-29)23(24(29)27(35)32(25)19-20-33)26(34)31(17-6-3)21-12-9-8-10-13-21/h5-6,8-10,12-13,22-25,33H,2-4,7,11,14-20H2,1H3/t22-,23+,24-,25?,29?/m0/s1. The molecular weight excluding hydrogens is 486 g/mol. The van der Waals surface area contributed by atoms with Gasteiger partial charge in [0, 0.05) is 37.1 Å². The number of rotatable bonds is 13. The van der Waals surface area contributed by atoms with Crippen molar-refractivity contribution < 1.29 is 19.5 Å². The third kappa shape index (κ3) is 4.86. The number of benzene rings is 1. The van der Waals surface area contributed by atoms with Gasteiger partial charge in [-0.15, -0.1) is 24.9 Å². The van der Waals surface area contributed by atoms with Gasteiger partial charge in [0.1, 0.15) is 6.04 Å². The van der Waals surface area contributed by atoms with E-state index in [1.54, 1.807) is 38.6 Å². The Balaban J connectivity index is 1.69. The van der Waals surface area contributed by atoms with Gasteiger partial charge in [0.2, 0.25) is 17.7 Å². The smallest absolute Gasteiger partial charge is 0.247 e. The minimum atomic E-state index is -0.684. The van der Waals surface area contributed by atoms with Crippen molar-refractivity contribution in [2.45, 2.75) is 55.1 Å². The summed E-state index contributed by atoms with van der Waals surface area (Å²) in [6, 6.07) is 8.78. The van der Waals surface area contributed by atoms with Crippen molar-refractivity contribution in [3.63, 3.8) is 0 Å². The first kappa shape index (κ1) is 27.5. The number of likely N-dealkylation sites (tertiary alicyclic amines) is 1. The van der Waals surface area contributed by atoms with Crippen LogP contribution in [0.25, 0.3) is 0 Å². The van der Waals surface area contributed by atoms with Gasteiger partial charge in [-0.2, -0.15) is 0 Å². The predicted molar refractivity (Wildman–Crippen MR) is 148 cm³/mol. The van der Waals surface area contributed by atoms with E-state index in [4.69, 9.17) is 0 Å². The normalized spacial score (nSPS) is 27.7. The molecule has 0 saturated carbocycles. The van der Waals surface area contributed by atoms with E-state index in [0.29, 0.717) is 26.1 Å². The molecule has 8 heteroatoms. The lowest BCUT2D eigenvalue weighted by atomic mass is 9.70. The van der Waals surface area contributed by atoms with E-state index < -0.39 is 22.6 Å². The highest BCUT2D eigenvalue weighted by molar-refractivity contribution is 8.02. The summed E-state index contributed by atoms with van der Waals surface area (Å²) in [4.78, 5) is 47.2. The van der Waals surface area contributed by atoms with Gasteiger partial charge in [-0.05, 0) is 31.4 Å². The second-order valence-electron chi connectivity index (χ2n) is 10.2. The number of carbonyl (C=O) groups is 3. The van der Waals surface area contributed by atoms with Crippen molar-refractivity contribution in [2.24, 2.45) is 11.8 Å². The monoisotopic (exact) mass is 525 g/mol. The molecule has 200 valence electrons. The third-order valence-electron chi connectivity index (χ3n) is 8.00. The number of amides is 3. The van der Waals surface area contributed by atoms with Crippen LogP contribution < -0.4 is 4.90 Å². The Morgan fingerprint density at radius 1 is 1.16 bits per heavy atom. The number of anilines is 1. The zero-order chi connectivity index (χ0) is 26.6. The van der Waals surface area contributed by atoms with Crippen molar-refractivity contribution in [1.82, 2.24) is 9.80 Å². The van der Waals surface area contributed by atoms with Crippen molar-refractivity contribution in [1.29, 1.82) is 0 Å². The molecule has 0 aromatic heterocycles. The molecule has 2 unspecified atom stereocenters. The topological polar surface area (TPSA) is 81.2 Å². The maximum absolute atomic E-state index is 14.1. The summed E-state index contributed by atoms with van der Waals surface area (Å²) >= 11 is 1.66. The lowest BCUT2D eigenvalue weighted by Crippen LogP contribution is -2.55. The number of carbonyl (C=O) groups excluding carboxylic acids is 3. The molecule has 4 rings (SSSR count). The number of nitrogens with zero attached hydrogens (tertiary/aromatic N) is 3. The fourth-order valence-corrected chi connectivity index (χ4v) is 8.68. The van der Waals surface area contributed by atoms with E-state index in [1.807, 2.05) is 30.3 Å². The van der Waals surface area contributed by atoms with Crippen LogP contribution in [0.3, 0.4) is 0 Å². The van der Waals surface area contributed by atoms with Gasteiger partial charge < -0.3 is 19.8 Å². The Bertz CT molecular complexity index is 1020. The average Bonchev–Trinajstić information content (AvgIpc) is 3.54. The van der Waals surface area contributed by atoms with Gasteiger partial charge >= 0.3 is 0 Å². The molecule has 0 aliphatic carbocycles. The average molecular weight is 526 g/mol. The lowest BCUT2D eigenvalue weighted by molar-refractivity contribution is -0.143. The van der Waals surface area contributed by atoms with E-state index in [2.05, 4.69) is 20.1 Å². The number of aliphatic hydroxyl groups is 1. The SMILES string of the molecule is C=CCN(CCCCC)C(=O)C1N(CCO)C(=O)[C@@H]2[C@H](C(=O)N(CC=C)c3ccccc3)[C@@H]3CCC12S3. The summed E-state index contributed by atoms with van der Waals surface area (Å²) in [7, 11) is 0. The molecule has 3 heterocycles. The zero-order valence-electron chi connectivity index (χ0n) is 21.8. The minimum absolute atomic E-state index is 0.0167. The van der Waals surface area contributed by atoms with E-state index in [9.17, 15) is 19.5 Å². The highest BCUT2D eigenvalue weighted by Crippen LogP contribution is 2.66. The van der Waals surface area contributed by atoms with Gasteiger partial charge in [0.25, 0.3) is 0 Å². The van der Waals surface area contributed by atoms with Crippen LogP contribution in [0.5, 0.6) is 0 Å². The Labute approximate surface area is 224 Å². The second kappa shape index (κ2) is 11.9. The van der Waals surface area contributed by atoms with Gasteiger partial charge in [-0.25, -0.2) is 0 Å². The predicted octanol–water partition coefficient (Wildman–Crippen LogP) is 3.49. The highest BCUT2D eigenvalue weighted by Gasteiger charge is 2.74. The fourth-order valence-electron chi connectivity index (χ4n) is 6.47. The number of fused-ring (bicyclic) bond motifs is 1. The van der Waals surface area contributed by atoms with E-state index >= 15 is 0 Å². The maximum atomic E-state index is 14.1. The van der Waals surface area contributed by atoms with Crippen molar-refractivity contribution in [3.05, 3.63) is 55.6 Å². The first-order valence-corrected chi connectivity index (χ1v) is 14.3. The Morgan fingerprint density at radius 2 is 1.89 bits per heavy atom. The molecule has 1 aromatic rings. The first-order valence-electron chi connectivity index (χ1n) is 13.4. The number of para-hydroxylation sites is 1. The number of aliphatic hydroxyl groups excluding tert-OH is 1. The van der Waals surface area contributed by atoms with Crippen LogP contribution in [0.2, 0.25) is 0 Å². The number of β-amino-alcohol motifs (C(OH)–C–C–N with tert-alkyl or cyclic N) is 1. The van der Waals surface area contributed by atoms with Crippen LogP contribution in [0, 0.1) is 11.8 Å². The number of hydrogen-bond donors (Lipinski definition) is 1. The van der Waals surface area contributed by atoms with Crippen LogP contribution in [-0.2, 0) is 14.4 Å². The van der Waals surface area contributed by atoms with Crippen molar-refractivity contribution in [3.8, 4) is 0 Å². The molecule has 3 saturated heterocycles. The van der Waals surface area contributed by atoms with Gasteiger partial charge in [-0.1, -0.05) is 50.1 Å². The molecule has 1 spiro atoms. The minimum Gasteiger partial charge on any atom is -0.395 e. The van der Waals surface area contributed by atoms with Crippen molar-refractivity contribution in [2.75, 3.05) is 37.7 Å². The van der Waals surface area contributed by atoms with Crippen LogP contribution in [-0.4, -0.2) is 81.5 Å². The van der Waals surface area contributed by atoms with Gasteiger partial charge in [-0.3, -0.25) is 14.4 Å². The van der Waals surface area contributed by atoms with Gasteiger partial charge in [0.15, 0.2) is 0 Å². The second-order valence-corrected chi connectivity index (χ2v) is 11.8. The fraction of sp³-hybridized carbons (Fsp3) is 0.552.